The number of anilines is 1. The van der Waals surface area contributed by atoms with E-state index in [9.17, 15) is 14.9 Å². The minimum Gasteiger partial charge on any atom is -0.465 e. The Labute approximate surface area is 142 Å². The van der Waals surface area contributed by atoms with Crippen molar-refractivity contribution in [1.29, 1.82) is 10.5 Å². The molecule has 0 unspecified atom stereocenters. The lowest BCUT2D eigenvalue weighted by Gasteiger charge is -2.05. The quantitative estimate of drug-likeness (QED) is 0.525. The summed E-state index contributed by atoms with van der Waals surface area (Å²) in [5.41, 5.74) is 1.26. The third kappa shape index (κ3) is 3.86. The summed E-state index contributed by atoms with van der Waals surface area (Å²) in [5.74, 6) is -1.19. The molecule has 0 aliphatic carbocycles. The number of ether oxygens (including phenoxy) is 1. The Hall–Kier alpha value is -3.42. The molecule has 0 aliphatic rings. The van der Waals surface area contributed by atoms with Crippen LogP contribution in [0, 0.1) is 22.7 Å². The Kier molecular flexibility index (Phi) is 5.45. The first-order chi connectivity index (χ1) is 11.6. The van der Waals surface area contributed by atoms with Crippen molar-refractivity contribution in [1.82, 2.24) is 0 Å². The zero-order valence-corrected chi connectivity index (χ0v) is 13.4. The third-order valence-corrected chi connectivity index (χ3v) is 3.89. The van der Waals surface area contributed by atoms with Crippen LogP contribution in [0.4, 0.5) is 5.69 Å². The molecular formula is C17H11N3O3S. The van der Waals surface area contributed by atoms with Gasteiger partial charge in [-0.05, 0) is 35.2 Å². The summed E-state index contributed by atoms with van der Waals surface area (Å²) >= 11 is 1.13. The average Bonchev–Trinajstić information content (AvgIpc) is 3.07. The molecule has 1 N–H and O–H groups in total. The number of methoxy groups -OCH3 is 1. The van der Waals surface area contributed by atoms with Gasteiger partial charge in [0.1, 0.15) is 16.5 Å². The highest BCUT2D eigenvalue weighted by atomic mass is 32.1. The second-order valence-corrected chi connectivity index (χ2v) is 5.43. The molecule has 2 aromatic rings. The number of carbonyl (C=O) groups is 2. The van der Waals surface area contributed by atoms with Crippen molar-refractivity contribution in [3.05, 3.63) is 57.3 Å². The number of hydrogen-bond acceptors (Lipinski definition) is 6. The van der Waals surface area contributed by atoms with E-state index in [4.69, 9.17) is 5.26 Å². The first kappa shape index (κ1) is 16.9. The average molecular weight is 337 g/mol. The highest BCUT2D eigenvalue weighted by Gasteiger charge is 2.17. The minimum absolute atomic E-state index is 0.123. The van der Waals surface area contributed by atoms with Gasteiger partial charge in [0, 0.05) is 0 Å². The Morgan fingerprint density at radius 3 is 2.50 bits per heavy atom. The van der Waals surface area contributed by atoms with Crippen LogP contribution in [0.2, 0.25) is 0 Å². The fourth-order valence-corrected chi connectivity index (χ4v) is 2.58. The number of rotatable bonds is 4. The lowest BCUT2D eigenvalue weighted by molar-refractivity contribution is -0.112. The molecule has 0 spiro atoms. The molecule has 0 radical (unpaired) electrons. The number of esters is 1. The molecule has 0 saturated carbocycles. The molecule has 1 aromatic heterocycles. The van der Waals surface area contributed by atoms with E-state index < -0.39 is 11.9 Å². The standard InChI is InChI=1S/C17H11N3O3S/c1-23-17(22)15-14(6-7-24-15)20-16(21)13(10-19)8-11-2-4-12(9-18)5-3-11/h2-8H,1H3,(H,20,21). The van der Waals surface area contributed by atoms with Crippen LogP contribution in [0.15, 0.2) is 41.3 Å². The van der Waals surface area contributed by atoms with E-state index in [1.54, 1.807) is 35.7 Å². The second kappa shape index (κ2) is 7.73. The minimum atomic E-state index is -0.634. The van der Waals surface area contributed by atoms with E-state index in [0.717, 1.165) is 11.3 Å². The van der Waals surface area contributed by atoms with Gasteiger partial charge < -0.3 is 10.1 Å². The summed E-state index contributed by atoms with van der Waals surface area (Å²) in [6, 6.07) is 11.8. The third-order valence-electron chi connectivity index (χ3n) is 3.00. The van der Waals surface area contributed by atoms with Crippen LogP contribution in [0.25, 0.3) is 6.08 Å². The normalized spacial score (nSPS) is 10.4. The van der Waals surface area contributed by atoms with Gasteiger partial charge in [0.2, 0.25) is 0 Å². The molecule has 0 bridgehead atoms. The Bertz CT molecular complexity index is 883. The Balaban J connectivity index is 2.22. The zero-order valence-electron chi connectivity index (χ0n) is 12.6. The van der Waals surface area contributed by atoms with Crippen LogP contribution in [-0.2, 0) is 9.53 Å². The van der Waals surface area contributed by atoms with Gasteiger partial charge in [-0.2, -0.15) is 10.5 Å². The van der Waals surface area contributed by atoms with Gasteiger partial charge in [-0.3, -0.25) is 4.79 Å². The number of hydrogen-bond donors (Lipinski definition) is 1. The summed E-state index contributed by atoms with van der Waals surface area (Å²) in [5, 5.41) is 22.1. The predicted octanol–water partition coefficient (Wildman–Crippen LogP) is 2.95. The van der Waals surface area contributed by atoms with E-state index in [1.807, 2.05) is 12.1 Å². The zero-order chi connectivity index (χ0) is 17.5. The highest BCUT2D eigenvalue weighted by Crippen LogP contribution is 2.23. The van der Waals surface area contributed by atoms with Crippen LogP contribution < -0.4 is 5.32 Å². The lowest BCUT2D eigenvalue weighted by atomic mass is 10.1. The number of nitrogens with zero attached hydrogens (tertiary/aromatic N) is 2. The number of carbonyl (C=O) groups excluding carboxylic acids is 2. The number of nitriles is 2. The first-order valence-corrected chi connectivity index (χ1v) is 7.56. The fraction of sp³-hybridized carbons (Fsp3) is 0.0588. The van der Waals surface area contributed by atoms with E-state index in [-0.39, 0.29) is 16.1 Å². The van der Waals surface area contributed by atoms with Gasteiger partial charge >= 0.3 is 5.97 Å². The Morgan fingerprint density at radius 2 is 1.92 bits per heavy atom. The van der Waals surface area contributed by atoms with Crippen molar-refractivity contribution in [2.24, 2.45) is 0 Å². The maximum absolute atomic E-state index is 12.2. The van der Waals surface area contributed by atoms with Crippen molar-refractivity contribution >= 4 is 35.0 Å². The van der Waals surface area contributed by atoms with E-state index >= 15 is 0 Å². The molecule has 1 heterocycles. The highest BCUT2D eigenvalue weighted by molar-refractivity contribution is 7.12. The summed E-state index contributed by atoms with van der Waals surface area (Å²) in [4.78, 5) is 24.1. The van der Waals surface area contributed by atoms with Crippen molar-refractivity contribution in [3.8, 4) is 12.1 Å². The van der Waals surface area contributed by atoms with Crippen molar-refractivity contribution in [3.63, 3.8) is 0 Å². The van der Waals surface area contributed by atoms with Gasteiger partial charge in [-0.1, -0.05) is 12.1 Å². The summed E-state index contributed by atoms with van der Waals surface area (Å²) < 4.78 is 4.64. The number of amides is 1. The van der Waals surface area contributed by atoms with Crippen LogP contribution in [0.1, 0.15) is 20.8 Å². The smallest absolute Gasteiger partial charge is 0.350 e. The molecule has 6 nitrogen and oxygen atoms in total. The monoisotopic (exact) mass is 337 g/mol. The van der Waals surface area contributed by atoms with Crippen LogP contribution >= 0.6 is 11.3 Å². The second-order valence-electron chi connectivity index (χ2n) is 4.51. The number of benzene rings is 1. The van der Waals surface area contributed by atoms with Gasteiger partial charge in [0.05, 0.1) is 24.4 Å². The molecule has 0 atom stereocenters. The number of nitrogens with one attached hydrogen (secondary N) is 1. The molecule has 7 heteroatoms. The van der Waals surface area contributed by atoms with Gasteiger partial charge in [-0.15, -0.1) is 11.3 Å². The fourth-order valence-electron chi connectivity index (χ4n) is 1.82. The van der Waals surface area contributed by atoms with Crippen LogP contribution in [0.3, 0.4) is 0 Å². The summed E-state index contributed by atoms with van der Waals surface area (Å²) in [7, 11) is 1.25. The maximum atomic E-state index is 12.2. The van der Waals surface area contributed by atoms with E-state index in [0.29, 0.717) is 11.1 Å². The van der Waals surface area contributed by atoms with Crippen molar-refractivity contribution in [2.75, 3.05) is 12.4 Å². The van der Waals surface area contributed by atoms with Crippen LogP contribution in [-0.4, -0.2) is 19.0 Å². The van der Waals surface area contributed by atoms with E-state index in [2.05, 4.69) is 10.1 Å². The van der Waals surface area contributed by atoms with Crippen molar-refractivity contribution in [2.45, 2.75) is 0 Å². The number of thiophene rings is 1. The largest absolute Gasteiger partial charge is 0.465 e. The first-order valence-electron chi connectivity index (χ1n) is 6.68. The topological polar surface area (TPSA) is 103 Å². The molecule has 1 amide bonds. The summed E-state index contributed by atoms with van der Waals surface area (Å²) in [6.07, 6.45) is 1.40. The molecule has 0 aliphatic heterocycles. The molecule has 2 rings (SSSR count). The van der Waals surface area contributed by atoms with Crippen LogP contribution in [0.5, 0.6) is 0 Å². The Morgan fingerprint density at radius 1 is 1.21 bits per heavy atom. The van der Waals surface area contributed by atoms with Crippen molar-refractivity contribution < 1.29 is 14.3 Å². The summed E-state index contributed by atoms with van der Waals surface area (Å²) in [6.45, 7) is 0. The maximum Gasteiger partial charge on any atom is 0.350 e. The predicted molar refractivity (Wildman–Crippen MR) is 89.0 cm³/mol. The molecule has 24 heavy (non-hydrogen) atoms. The SMILES string of the molecule is COC(=O)c1sccc1NC(=O)C(C#N)=Cc1ccc(C#N)cc1. The molecule has 1 aromatic carbocycles. The van der Waals surface area contributed by atoms with Gasteiger partial charge in [0.25, 0.3) is 5.91 Å². The lowest BCUT2D eigenvalue weighted by Crippen LogP contribution is -2.15. The van der Waals surface area contributed by atoms with Gasteiger partial charge in [-0.25, -0.2) is 4.79 Å². The molecule has 0 fully saturated rings. The van der Waals surface area contributed by atoms with E-state index in [1.165, 1.54) is 13.2 Å². The molecule has 0 saturated heterocycles. The molecule has 118 valence electrons. The van der Waals surface area contributed by atoms with Gasteiger partial charge in [0.15, 0.2) is 0 Å². The molecular weight excluding hydrogens is 326 g/mol.